The Morgan fingerprint density at radius 1 is 1.77 bits per heavy atom. The zero-order valence-electron chi connectivity index (χ0n) is 7.78. The summed E-state index contributed by atoms with van der Waals surface area (Å²) >= 11 is 0. The summed E-state index contributed by atoms with van der Waals surface area (Å²) in [6.07, 6.45) is 2.03. The second kappa shape index (κ2) is 4.71. The number of Topliss-reactive ketones (excluding diaryl/α,β-unsaturated/α-hetero) is 1. The monoisotopic (exact) mass is 183 g/mol. The second-order valence-electron chi connectivity index (χ2n) is 2.88. The Bertz CT molecular complexity index is 258. The van der Waals surface area contributed by atoms with Crippen LogP contribution in [0, 0.1) is 5.92 Å². The number of carbonyl (C=O) groups excluding carboxylic acids is 1. The van der Waals surface area contributed by atoms with E-state index in [-0.39, 0.29) is 11.7 Å². The highest BCUT2D eigenvalue weighted by molar-refractivity contribution is 5.93. The highest BCUT2D eigenvalue weighted by atomic mass is 16.5. The van der Waals surface area contributed by atoms with E-state index in [1.807, 2.05) is 6.92 Å². The maximum absolute atomic E-state index is 11.5. The van der Waals surface area contributed by atoms with Crippen molar-refractivity contribution in [1.82, 2.24) is 15.2 Å². The molecule has 0 aliphatic heterocycles. The van der Waals surface area contributed by atoms with E-state index in [1.165, 1.54) is 6.33 Å². The zero-order valence-corrected chi connectivity index (χ0v) is 7.78. The molecule has 5 nitrogen and oxygen atoms in total. The SMILES string of the molecule is COCCC(C)C(=O)c1ncn[nH]1. The minimum Gasteiger partial charge on any atom is -0.385 e. The van der Waals surface area contributed by atoms with Gasteiger partial charge in [-0.15, -0.1) is 0 Å². The molecule has 0 amide bonds. The Morgan fingerprint density at radius 2 is 2.54 bits per heavy atom. The van der Waals surface area contributed by atoms with Crippen LogP contribution in [0.5, 0.6) is 0 Å². The fraction of sp³-hybridized carbons (Fsp3) is 0.625. The first kappa shape index (κ1) is 9.85. The topological polar surface area (TPSA) is 67.9 Å². The normalized spacial score (nSPS) is 12.8. The van der Waals surface area contributed by atoms with Gasteiger partial charge in [0, 0.05) is 19.6 Å². The van der Waals surface area contributed by atoms with Crippen LogP contribution in [0.4, 0.5) is 0 Å². The summed E-state index contributed by atoms with van der Waals surface area (Å²) in [5.41, 5.74) is 0. The van der Waals surface area contributed by atoms with Gasteiger partial charge in [0.2, 0.25) is 5.78 Å². The molecular weight excluding hydrogens is 170 g/mol. The molecule has 0 radical (unpaired) electrons. The van der Waals surface area contributed by atoms with Gasteiger partial charge in [-0.25, -0.2) is 4.98 Å². The van der Waals surface area contributed by atoms with Crippen molar-refractivity contribution in [1.29, 1.82) is 0 Å². The summed E-state index contributed by atoms with van der Waals surface area (Å²) in [5.74, 6) is 0.228. The lowest BCUT2D eigenvalue weighted by Crippen LogP contribution is -2.14. The first-order chi connectivity index (χ1) is 6.25. The van der Waals surface area contributed by atoms with Crippen LogP contribution in [0.1, 0.15) is 24.0 Å². The molecule has 0 spiro atoms. The van der Waals surface area contributed by atoms with E-state index in [4.69, 9.17) is 4.74 Å². The molecule has 1 heterocycles. The summed E-state index contributed by atoms with van der Waals surface area (Å²) in [6, 6.07) is 0. The third kappa shape index (κ3) is 2.62. The Morgan fingerprint density at radius 3 is 3.08 bits per heavy atom. The molecule has 0 bridgehead atoms. The number of hydrogen-bond donors (Lipinski definition) is 1. The Labute approximate surface area is 76.5 Å². The van der Waals surface area contributed by atoms with Gasteiger partial charge in [0.1, 0.15) is 6.33 Å². The number of methoxy groups -OCH3 is 1. The number of carbonyl (C=O) groups is 1. The van der Waals surface area contributed by atoms with Gasteiger partial charge < -0.3 is 4.74 Å². The lowest BCUT2D eigenvalue weighted by molar-refractivity contribution is 0.0883. The number of H-pyrrole nitrogens is 1. The minimum absolute atomic E-state index is 0.0189. The average molecular weight is 183 g/mol. The highest BCUT2D eigenvalue weighted by Crippen LogP contribution is 2.07. The van der Waals surface area contributed by atoms with E-state index < -0.39 is 0 Å². The van der Waals surface area contributed by atoms with Gasteiger partial charge in [0.25, 0.3) is 0 Å². The summed E-state index contributed by atoms with van der Waals surface area (Å²) in [7, 11) is 1.62. The van der Waals surface area contributed by atoms with E-state index >= 15 is 0 Å². The van der Waals surface area contributed by atoms with Gasteiger partial charge in [0.15, 0.2) is 5.82 Å². The van der Waals surface area contributed by atoms with Crippen LogP contribution in [0.3, 0.4) is 0 Å². The maximum atomic E-state index is 11.5. The Hall–Kier alpha value is -1.23. The largest absolute Gasteiger partial charge is 0.385 e. The molecule has 5 heteroatoms. The molecule has 1 rings (SSSR count). The molecule has 1 unspecified atom stereocenters. The molecule has 0 aliphatic carbocycles. The first-order valence-electron chi connectivity index (χ1n) is 4.14. The second-order valence-corrected chi connectivity index (χ2v) is 2.88. The van der Waals surface area contributed by atoms with E-state index in [9.17, 15) is 4.79 Å². The number of ether oxygens (including phenoxy) is 1. The molecule has 1 aromatic rings. The highest BCUT2D eigenvalue weighted by Gasteiger charge is 2.16. The predicted octanol–water partition coefficient (Wildman–Crippen LogP) is 0.660. The van der Waals surface area contributed by atoms with Crippen molar-refractivity contribution in [3.05, 3.63) is 12.2 Å². The molecule has 13 heavy (non-hydrogen) atoms. The van der Waals surface area contributed by atoms with Crippen LogP contribution >= 0.6 is 0 Å². The molecule has 0 aliphatic rings. The molecule has 72 valence electrons. The number of nitrogens with zero attached hydrogens (tertiary/aromatic N) is 2. The summed E-state index contributed by atoms with van der Waals surface area (Å²) in [6.45, 7) is 2.44. The standard InChI is InChI=1S/C8H13N3O2/c1-6(3-4-13-2)7(12)8-9-5-10-11-8/h5-6H,3-4H2,1-2H3,(H,9,10,11). The lowest BCUT2D eigenvalue weighted by Gasteiger charge is -2.06. The maximum Gasteiger partial charge on any atom is 0.202 e. The van der Waals surface area contributed by atoms with Crippen molar-refractivity contribution in [2.24, 2.45) is 5.92 Å². The lowest BCUT2D eigenvalue weighted by atomic mass is 10.0. The average Bonchev–Trinajstić information content (AvgIpc) is 2.65. The molecule has 0 aromatic carbocycles. The van der Waals surface area contributed by atoms with Crippen molar-refractivity contribution >= 4 is 5.78 Å². The number of aromatic nitrogens is 3. The number of ketones is 1. The zero-order chi connectivity index (χ0) is 9.68. The first-order valence-corrected chi connectivity index (χ1v) is 4.14. The van der Waals surface area contributed by atoms with Gasteiger partial charge in [0.05, 0.1) is 0 Å². The molecule has 1 aromatic heterocycles. The molecule has 1 N–H and O–H groups in total. The third-order valence-electron chi connectivity index (χ3n) is 1.85. The van der Waals surface area contributed by atoms with Crippen molar-refractivity contribution in [3.8, 4) is 0 Å². The van der Waals surface area contributed by atoms with Crippen LogP contribution in [0.15, 0.2) is 6.33 Å². The number of hydrogen-bond acceptors (Lipinski definition) is 4. The van der Waals surface area contributed by atoms with Gasteiger partial charge in [-0.2, -0.15) is 5.10 Å². The molecule has 0 fully saturated rings. The van der Waals surface area contributed by atoms with Gasteiger partial charge in [-0.3, -0.25) is 9.89 Å². The number of rotatable bonds is 5. The minimum atomic E-state index is -0.0760. The predicted molar refractivity (Wildman–Crippen MR) is 46.4 cm³/mol. The van der Waals surface area contributed by atoms with Gasteiger partial charge in [-0.1, -0.05) is 6.92 Å². The van der Waals surface area contributed by atoms with Crippen molar-refractivity contribution in [2.75, 3.05) is 13.7 Å². The van der Waals surface area contributed by atoms with E-state index in [0.29, 0.717) is 18.9 Å². The number of aromatic amines is 1. The van der Waals surface area contributed by atoms with Crippen LogP contribution < -0.4 is 0 Å². The van der Waals surface area contributed by atoms with Crippen molar-refractivity contribution in [2.45, 2.75) is 13.3 Å². The van der Waals surface area contributed by atoms with Crippen LogP contribution in [0.2, 0.25) is 0 Å². The molecule has 0 saturated carbocycles. The van der Waals surface area contributed by atoms with Crippen LogP contribution in [-0.4, -0.2) is 34.7 Å². The quantitative estimate of drug-likeness (QED) is 0.681. The Kier molecular flexibility index (Phi) is 3.57. The van der Waals surface area contributed by atoms with E-state index in [2.05, 4.69) is 15.2 Å². The van der Waals surface area contributed by atoms with E-state index in [0.717, 1.165) is 0 Å². The fourth-order valence-electron chi connectivity index (χ4n) is 0.983. The molecule has 1 atom stereocenters. The smallest absolute Gasteiger partial charge is 0.202 e. The van der Waals surface area contributed by atoms with Crippen molar-refractivity contribution < 1.29 is 9.53 Å². The van der Waals surface area contributed by atoms with Crippen LogP contribution in [-0.2, 0) is 4.74 Å². The molecule has 0 saturated heterocycles. The summed E-state index contributed by atoms with van der Waals surface area (Å²) in [4.78, 5) is 15.3. The van der Waals surface area contributed by atoms with E-state index in [1.54, 1.807) is 7.11 Å². The van der Waals surface area contributed by atoms with Crippen LogP contribution in [0.25, 0.3) is 0 Å². The third-order valence-corrected chi connectivity index (χ3v) is 1.85. The fourth-order valence-corrected chi connectivity index (χ4v) is 0.983. The van der Waals surface area contributed by atoms with Gasteiger partial charge in [-0.05, 0) is 6.42 Å². The van der Waals surface area contributed by atoms with Gasteiger partial charge >= 0.3 is 0 Å². The molecular formula is C8H13N3O2. The number of nitrogens with one attached hydrogen (secondary N) is 1. The summed E-state index contributed by atoms with van der Waals surface area (Å²) in [5, 5.41) is 6.16. The Balaban J connectivity index is 2.48. The van der Waals surface area contributed by atoms with Crippen molar-refractivity contribution in [3.63, 3.8) is 0 Å². The summed E-state index contributed by atoms with van der Waals surface area (Å²) < 4.78 is 4.88.